The summed E-state index contributed by atoms with van der Waals surface area (Å²) in [6.45, 7) is 6.56. The number of nitrogens with zero attached hydrogens (tertiary/aromatic N) is 2. The first kappa shape index (κ1) is 14.9. The van der Waals surface area contributed by atoms with Crippen LogP contribution in [0, 0.1) is 0 Å². The third-order valence-corrected chi connectivity index (χ3v) is 3.69. The van der Waals surface area contributed by atoms with Gasteiger partial charge in [-0.2, -0.15) is 0 Å². The van der Waals surface area contributed by atoms with E-state index in [1.165, 1.54) is 0 Å². The Hall–Kier alpha value is -1.14. The summed E-state index contributed by atoms with van der Waals surface area (Å²) in [5.41, 5.74) is 4.78. The summed E-state index contributed by atoms with van der Waals surface area (Å²) in [5.74, 6) is -0.323. The Labute approximate surface area is 112 Å². The molecule has 18 heavy (non-hydrogen) atoms. The van der Waals surface area contributed by atoms with E-state index in [-0.39, 0.29) is 11.2 Å². The maximum absolute atomic E-state index is 11.5. The maximum Gasteiger partial charge on any atom is 0.237 e. The van der Waals surface area contributed by atoms with Crippen LogP contribution in [0.15, 0.2) is 23.6 Å². The van der Waals surface area contributed by atoms with Gasteiger partial charge in [-0.25, -0.2) is 4.98 Å². The van der Waals surface area contributed by atoms with Crippen molar-refractivity contribution in [2.45, 2.75) is 43.0 Å². The van der Waals surface area contributed by atoms with Crippen LogP contribution in [0.25, 0.3) is 0 Å². The number of amides is 1. The number of nitrogens with two attached hydrogens (primary N) is 1. The zero-order chi connectivity index (χ0) is 13.6. The van der Waals surface area contributed by atoms with Crippen LogP contribution < -0.4 is 11.1 Å². The molecule has 0 aromatic carbocycles. The predicted molar refractivity (Wildman–Crippen MR) is 73.2 cm³/mol. The lowest BCUT2D eigenvalue weighted by atomic mass is 9.95. The third kappa shape index (κ3) is 4.27. The largest absolute Gasteiger partial charge is 0.368 e. The molecule has 0 aliphatic rings. The number of carbonyl (C=O) groups excluding carboxylic acids is 1. The summed E-state index contributed by atoms with van der Waals surface area (Å²) in [5, 5.41) is 4.23. The molecular formula is C12H20N4OS. The van der Waals surface area contributed by atoms with Gasteiger partial charge in [-0.3, -0.25) is 9.78 Å². The summed E-state index contributed by atoms with van der Waals surface area (Å²) < 4.78 is 0. The minimum atomic E-state index is -0.677. The van der Waals surface area contributed by atoms with Crippen molar-refractivity contribution in [2.75, 3.05) is 6.54 Å². The van der Waals surface area contributed by atoms with Crippen molar-refractivity contribution in [3.8, 4) is 0 Å². The van der Waals surface area contributed by atoms with E-state index in [9.17, 15) is 4.79 Å². The van der Waals surface area contributed by atoms with Gasteiger partial charge in [0.2, 0.25) is 5.91 Å². The van der Waals surface area contributed by atoms with Crippen molar-refractivity contribution in [3.05, 3.63) is 18.6 Å². The molecule has 6 heteroatoms. The molecule has 1 aromatic rings. The molecular weight excluding hydrogens is 248 g/mol. The van der Waals surface area contributed by atoms with Crippen LogP contribution >= 0.6 is 11.8 Å². The van der Waals surface area contributed by atoms with Crippen LogP contribution in [0.3, 0.4) is 0 Å². The first-order chi connectivity index (χ1) is 8.48. The normalized spacial score (nSPS) is 15.9. The molecule has 100 valence electrons. The van der Waals surface area contributed by atoms with Crippen molar-refractivity contribution >= 4 is 17.7 Å². The highest BCUT2D eigenvalue weighted by Gasteiger charge is 2.32. The zero-order valence-electron chi connectivity index (χ0n) is 11.0. The maximum atomic E-state index is 11.5. The second-order valence-corrected chi connectivity index (χ2v) is 5.86. The molecule has 0 saturated carbocycles. The first-order valence-corrected chi connectivity index (χ1v) is 6.83. The van der Waals surface area contributed by atoms with Crippen molar-refractivity contribution in [3.63, 3.8) is 0 Å². The molecule has 1 heterocycles. The summed E-state index contributed by atoms with van der Waals surface area (Å²) >= 11 is 1.59. The molecule has 5 nitrogen and oxygen atoms in total. The van der Waals surface area contributed by atoms with E-state index in [1.807, 2.05) is 13.8 Å². The first-order valence-electron chi connectivity index (χ1n) is 5.95. The van der Waals surface area contributed by atoms with Gasteiger partial charge < -0.3 is 11.1 Å². The molecule has 0 fully saturated rings. The quantitative estimate of drug-likeness (QED) is 0.726. The molecule has 2 atom stereocenters. The lowest BCUT2D eigenvalue weighted by Crippen LogP contribution is -2.54. The van der Waals surface area contributed by atoms with E-state index in [2.05, 4.69) is 22.2 Å². The summed E-state index contributed by atoms with van der Waals surface area (Å²) in [7, 11) is 0. The lowest BCUT2D eigenvalue weighted by Gasteiger charge is -2.29. The highest BCUT2D eigenvalue weighted by Crippen LogP contribution is 2.26. The summed E-state index contributed by atoms with van der Waals surface area (Å²) in [4.78, 5) is 19.7. The highest BCUT2D eigenvalue weighted by molar-refractivity contribution is 7.99. The van der Waals surface area contributed by atoms with Gasteiger partial charge in [0.1, 0.15) is 5.03 Å². The number of rotatable bonds is 7. The molecule has 0 bridgehead atoms. The summed E-state index contributed by atoms with van der Waals surface area (Å²) in [6, 6.07) is 0. The second kappa shape index (κ2) is 6.70. The molecule has 2 unspecified atom stereocenters. The molecule has 0 aliphatic carbocycles. The predicted octanol–water partition coefficient (Wildman–Crippen LogP) is 1.20. The Morgan fingerprint density at radius 1 is 1.61 bits per heavy atom. The number of hydrogen-bond donors (Lipinski definition) is 2. The molecule has 0 spiro atoms. The van der Waals surface area contributed by atoms with Crippen LogP contribution in [-0.2, 0) is 4.79 Å². The van der Waals surface area contributed by atoms with Crippen molar-refractivity contribution in [1.82, 2.24) is 15.3 Å². The van der Waals surface area contributed by atoms with Crippen molar-refractivity contribution in [1.29, 1.82) is 0 Å². The van der Waals surface area contributed by atoms with Gasteiger partial charge in [0.05, 0.1) is 11.7 Å². The van der Waals surface area contributed by atoms with E-state index in [0.29, 0.717) is 13.0 Å². The Bertz CT molecular complexity index is 387. The lowest BCUT2D eigenvalue weighted by molar-refractivity contribution is -0.124. The molecule has 0 saturated heterocycles. The third-order valence-electron chi connectivity index (χ3n) is 2.67. The number of carbonyl (C=O) groups is 1. The average Bonchev–Trinajstić information content (AvgIpc) is 2.30. The van der Waals surface area contributed by atoms with Crippen LogP contribution in [0.1, 0.15) is 27.2 Å². The molecule has 1 amide bonds. The van der Waals surface area contributed by atoms with Crippen LogP contribution in [0.2, 0.25) is 0 Å². The fraction of sp³-hybridized carbons (Fsp3) is 0.583. The van der Waals surface area contributed by atoms with E-state index in [1.54, 1.807) is 30.4 Å². The fourth-order valence-corrected chi connectivity index (χ4v) is 2.89. The number of aromatic nitrogens is 2. The standard InChI is InChI=1S/C12H20N4OS/c1-4-16-12(3,11(13)17)7-9(2)18-10-8-14-5-6-15-10/h5-6,8-9,16H,4,7H2,1-3H3,(H2,13,17). The smallest absolute Gasteiger partial charge is 0.237 e. The number of likely N-dealkylation sites (N-methyl/N-ethyl adjacent to an activating group) is 1. The van der Waals surface area contributed by atoms with Gasteiger partial charge in [0.15, 0.2) is 0 Å². The highest BCUT2D eigenvalue weighted by atomic mass is 32.2. The Morgan fingerprint density at radius 3 is 2.83 bits per heavy atom. The van der Waals surface area contributed by atoms with Crippen LogP contribution in [0.5, 0.6) is 0 Å². The van der Waals surface area contributed by atoms with E-state index in [0.717, 1.165) is 5.03 Å². The van der Waals surface area contributed by atoms with E-state index < -0.39 is 5.54 Å². The molecule has 1 aromatic heterocycles. The number of nitrogens with one attached hydrogen (secondary N) is 1. The topological polar surface area (TPSA) is 80.9 Å². The number of thioether (sulfide) groups is 1. The Kier molecular flexibility index (Phi) is 5.55. The zero-order valence-corrected chi connectivity index (χ0v) is 11.8. The van der Waals surface area contributed by atoms with Gasteiger partial charge in [0.25, 0.3) is 0 Å². The second-order valence-electron chi connectivity index (χ2n) is 4.40. The minimum absolute atomic E-state index is 0.221. The SMILES string of the molecule is CCNC(C)(CC(C)Sc1cnccn1)C(N)=O. The molecule has 0 aliphatic heterocycles. The van der Waals surface area contributed by atoms with E-state index in [4.69, 9.17) is 5.73 Å². The van der Waals surface area contributed by atoms with Crippen LogP contribution in [-0.4, -0.2) is 33.2 Å². The molecule has 3 N–H and O–H groups in total. The number of hydrogen-bond acceptors (Lipinski definition) is 5. The van der Waals surface area contributed by atoms with Gasteiger partial charge in [0, 0.05) is 17.6 Å². The average molecular weight is 268 g/mol. The minimum Gasteiger partial charge on any atom is -0.368 e. The number of primary amides is 1. The summed E-state index contributed by atoms with van der Waals surface area (Å²) in [6.07, 6.45) is 5.67. The van der Waals surface area contributed by atoms with Gasteiger partial charge >= 0.3 is 0 Å². The van der Waals surface area contributed by atoms with Gasteiger partial charge in [-0.05, 0) is 19.9 Å². The van der Waals surface area contributed by atoms with Gasteiger partial charge in [-0.1, -0.05) is 13.8 Å². The van der Waals surface area contributed by atoms with Crippen molar-refractivity contribution < 1.29 is 4.79 Å². The van der Waals surface area contributed by atoms with Crippen molar-refractivity contribution in [2.24, 2.45) is 5.73 Å². The Balaban J connectivity index is 2.62. The van der Waals surface area contributed by atoms with Crippen LogP contribution in [0.4, 0.5) is 0 Å². The van der Waals surface area contributed by atoms with E-state index >= 15 is 0 Å². The fourth-order valence-electron chi connectivity index (χ4n) is 1.82. The monoisotopic (exact) mass is 268 g/mol. The molecule has 1 rings (SSSR count). The Morgan fingerprint density at radius 2 is 2.33 bits per heavy atom. The van der Waals surface area contributed by atoms with Gasteiger partial charge in [-0.15, -0.1) is 11.8 Å². The molecule has 0 radical (unpaired) electrons.